The molecule has 4 aromatic carbocycles. The zero-order valence-electron chi connectivity index (χ0n) is 17.6. The lowest BCUT2D eigenvalue weighted by Gasteiger charge is -2.09. The van der Waals surface area contributed by atoms with Crippen LogP contribution in [0.15, 0.2) is 112 Å². The second-order valence-corrected chi connectivity index (χ2v) is 10.1. The summed E-state index contributed by atoms with van der Waals surface area (Å²) in [5, 5.41) is 6.53. The van der Waals surface area contributed by atoms with Crippen LogP contribution in [0.1, 0.15) is 12.0 Å². The molecule has 0 radical (unpaired) electrons. The van der Waals surface area contributed by atoms with Crippen molar-refractivity contribution in [2.24, 2.45) is 0 Å². The Kier molecular flexibility index (Phi) is 5.05. The van der Waals surface area contributed by atoms with Gasteiger partial charge in [0.1, 0.15) is 0 Å². The van der Waals surface area contributed by atoms with Crippen LogP contribution in [-0.2, 0) is 4.79 Å². The molecule has 0 fully saturated rings. The molecule has 158 valence electrons. The molecule has 0 aromatic heterocycles. The van der Waals surface area contributed by atoms with E-state index in [9.17, 15) is 4.79 Å². The zero-order chi connectivity index (χ0) is 22.5. The van der Waals surface area contributed by atoms with E-state index in [0.717, 1.165) is 69.6 Å². The summed E-state index contributed by atoms with van der Waals surface area (Å²) < 4.78 is 2.04. The van der Waals surface area contributed by atoms with Crippen LogP contribution in [0.3, 0.4) is 0 Å². The first-order valence-electron chi connectivity index (χ1n) is 10.9. The van der Waals surface area contributed by atoms with Crippen molar-refractivity contribution < 1.29 is 4.79 Å². The molecule has 2 aliphatic rings. The van der Waals surface area contributed by atoms with Crippen LogP contribution in [0.4, 0.5) is 0 Å². The topological polar surface area (TPSA) is 17.1 Å². The normalized spacial score (nSPS) is 15.3. The Morgan fingerprint density at radius 2 is 1.30 bits per heavy atom. The minimum Gasteiger partial charge on any atom is -0.289 e. The SMILES string of the molecule is O=C1C(C2=CCC=CC=C2)=c2c(c3ccc(Br)cc3c3cc(Br)ccc23)=C1c1ccccc1. The Labute approximate surface area is 208 Å². The maximum atomic E-state index is 14.2. The van der Waals surface area contributed by atoms with Gasteiger partial charge in [-0.05, 0) is 63.4 Å². The lowest BCUT2D eigenvalue weighted by molar-refractivity contribution is -0.108. The number of hydrogen-bond acceptors (Lipinski definition) is 1. The molecule has 6 rings (SSSR count). The first-order chi connectivity index (χ1) is 16.1. The first kappa shape index (κ1) is 20.6. The quantitative estimate of drug-likeness (QED) is 0.247. The second kappa shape index (κ2) is 8.09. The Morgan fingerprint density at radius 1 is 0.667 bits per heavy atom. The van der Waals surface area contributed by atoms with Gasteiger partial charge in [0, 0.05) is 30.5 Å². The third-order valence-electron chi connectivity index (χ3n) is 6.34. The van der Waals surface area contributed by atoms with Gasteiger partial charge in [-0.1, -0.05) is 105 Å². The highest BCUT2D eigenvalue weighted by atomic mass is 79.9. The second-order valence-electron chi connectivity index (χ2n) is 8.26. The first-order valence-corrected chi connectivity index (χ1v) is 12.4. The van der Waals surface area contributed by atoms with Gasteiger partial charge in [-0.3, -0.25) is 4.79 Å². The Hall–Kier alpha value is -3.01. The van der Waals surface area contributed by atoms with Gasteiger partial charge in [0.05, 0.1) is 0 Å². The molecule has 0 aliphatic heterocycles. The number of carbonyl (C=O) groups is 1. The van der Waals surface area contributed by atoms with Gasteiger partial charge in [0.25, 0.3) is 0 Å². The maximum absolute atomic E-state index is 14.2. The highest BCUT2D eigenvalue weighted by Gasteiger charge is 2.29. The Bertz CT molecular complexity index is 1700. The maximum Gasteiger partial charge on any atom is 0.195 e. The third-order valence-corrected chi connectivity index (χ3v) is 7.33. The molecule has 0 spiro atoms. The fourth-order valence-electron chi connectivity index (χ4n) is 4.98. The Balaban J connectivity index is 1.93. The van der Waals surface area contributed by atoms with Crippen molar-refractivity contribution in [3.8, 4) is 0 Å². The summed E-state index contributed by atoms with van der Waals surface area (Å²) in [6.07, 6.45) is 11.2. The molecule has 3 heteroatoms. The van der Waals surface area contributed by atoms with Gasteiger partial charge < -0.3 is 0 Å². The van der Waals surface area contributed by atoms with Crippen LogP contribution < -0.4 is 10.4 Å². The molecular formula is C30H18Br2O. The number of allylic oxidation sites excluding steroid dienone is 6. The van der Waals surface area contributed by atoms with Crippen LogP contribution in [-0.4, -0.2) is 5.78 Å². The van der Waals surface area contributed by atoms with Crippen LogP contribution in [0.25, 0.3) is 32.7 Å². The molecular weight excluding hydrogens is 536 g/mol. The molecule has 2 aliphatic carbocycles. The van der Waals surface area contributed by atoms with Crippen molar-refractivity contribution in [2.75, 3.05) is 0 Å². The van der Waals surface area contributed by atoms with Gasteiger partial charge in [0.2, 0.25) is 0 Å². The molecule has 0 heterocycles. The molecule has 0 amide bonds. The van der Waals surface area contributed by atoms with Gasteiger partial charge in [-0.25, -0.2) is 0 Å². The van der Waals surface area contributed by atoms with E-state index >= 15 is 0 Å². The van der Waals surface area contributed by atoms with Gasteiger partial charge in [-0.2, -0.15) is 0 Å². The van der Waals surface area contributed by atoms with Crippen LogP contribution in [0.2, 0.25) is 0 Å². The van der Waals surface area contributed by atoms with E-state index in [2.05, 4.69) is 86.5 Å². The summed E-state index contributed by atoms with van der Waals surface area (Å²) in [4.78, 5) is 14.2. The third kappa shape index (κ3) is 3.30. The smallest absolute Gasteiger partial charge is 0.195 e. The summed E-state index contributed by atoms with van der Waals surface area (Å²) in [7, 11) is 0. The molecule has 0 N–H and O–H groups in total. The standard InChI is InChI=1S/C30H18Br2O/c31-20-12-14-22-24(16-20)25-17-21(32)13-15-23(25)29-27(19-10-6-3-7-11-19)30(33)26(28(22)29)18-8-4-1-2-5-9-18/h1-4,6-17H,5H2. The highest BCUT2D eigenvalue weighted by Crippen LogP contribution is 2.32. The van der Waals surface area contributed by atoms with Gasteiger partial charge in [-0.15, -0.1) is 0 Å². The Morgan fingerprint density at radius 3 is 1.97 bits per heavy atom. The molecule has 0 saturated carbocycles. The van der Waals surface area contributed by atoms with E-state index < -0.39 is 0 Å². The number of Topliss-reactive ketones (excluding diaryl/α,β-unsaturated/α-hetero) is 1. The minimum atomic E-state index is 0.0913. The highest BCUT2D eigenvalue weighted by molar-refractivity contribution is 9.10. The number of fused-ring (bicyclic) bond motifs is 6. The summed E-state index contributed by atoms with van der Waals surface area (Å²) in [6, 6.07) is 22.8. The van der Waals surface area contributed by atoms with Crippen LogP contribution >= 0.6 is 31.9 Å². The fourth-order valence-corrected chi connectivity index (χ4v) is 5.70. The number of halogens is 2. The molecule has 4 aromatic rings. The number of hydrogen-bond donors (Lipinski definition) is 0. The summed E-state index contributed by atoms with van der Waals surface area (Å²) in [6.45, 7) is 0. The number of ketones is 1. The summed E-state index contributed by atoms with van der Waals surface area (Å²) >= 11 is 7.31. The fraction of sp³-hybridized carbons (Fsp3) is 0.0333. The van der Waals surface area contributed by atoms with E-state index in [1.54, 1.807) is 0 Å². The van der Waals surface area contributed by atoms with Crippen molar-refractivity contribution in [1.29, 1.82) is 0 Å². The summed E-state index contributed by atoms with van der Waals surface area (Å²) in [5.74, 6) is 0.0913. The van der Waals surface area contributed by atoms with Crippen LogP contribution in [0.5, 0.6) is 0 Å². The monoisotopic (exact) mass is 552 g/mol. The number of rotatable bonds is 2. The number of benzene rings is 4. The van der Waals surface area contributed by atoms with Crippen molar-refractivity contribution in [2.45, 2.75) is 6.42 Å². The molecule has 0 bridgehead atoms. The van der Waals surface area contributed by atoms with Crippen molar-refractivity contribution in [3.63, 3.8) is 0 Å². The minimum absolute atomic E-state index is 0.0913. The van der Waals surface area contributed by atoms with E-state index in [-0.39, 0.29) is 5.78 Å². The average molecular weight is 554 g/mol. The van der Waals surface area contributed by atoms with Crippen molar-refractivity contribution >= 4 is 70.3 Å². The van der Waals surface area contributed by atoms with E-state index in [0.29, 0.717) is 0 Å². The largest absolute Gasteiger partial charge is 0.289 e. The van der Waals surface area contributed by atoms with Crippen molar-refractivity contribution in [3.05, 3.63) is 128 Å². The van der Waals surface area contributed by atoms with E-state index in [1.165, 1.54) is 0 Å². The molecule has 33 heavy (non-hydrogen) atoms. The molecule has 1 nitrogen and oxygen atoms in total. The predicted molar refractivity (Wildman–Crippen MR) is 144 cm³/mol. The van der Waals surface area contributed by atoms with Gasteiger partial charge >= 0.3 is 0 Å². The number of carbonyl (C=O) groups excluding carboxylic acids is 1. The van der Waals surface area contributed by atoms with E-state index in [4.69, 9.17) is 0 Å². The van der Waals surface area contributed by atoms with Crippen molar-refractivity contribution in [1.82, 2.24) is 0 Å². The molecule has 0 unspecified atom stereocenters. The predicted octanol–water partition coefficient (Wildman–Crippen LogP) is 6.89. The average Bonchev–Trinajstić information content (AvgIpc) is 2.96. The molecule has 0 atom stereocenters. The van der Waals surface area contributed by atoms with Gasteiger partial charge in [0.15, 0.2) is 5.78 Å². The molecule has 0 saturated heterocycles. The van der Waals surface area contributed by atoms with Crippen LogP contribution in [0, 0.1) is 0 Å². The summed E-state index contributed by atoms with van der Waals surface area (Å²) in [5.41, 5.74) is 3.51. The zero-order valence-corrected chi connectivity index (χ0v) is 20.8. The lowest BCUT2D eigenvalue weighted by Crippen LogP contribution is -2.27. The lowest BCUT2D eigenvalue weighted by atomic mass is 9.95. The van der Waals surface area contributed by atoms with E-state index in [1.807, 2.05) is 42.5 Å².